The van der Waals surface area contributed by atoms with Crippen LogP contribution in [0.3, 0.4) is 0 Å². The molecule has 66 heavy (non-hydrogen) atoms. The number of benzene rings is 10. The summed E-state index contributed by atoms with van der Waals surface area (Å²) in [6.07, 6.45) is 0. The zero-order chi connectivity index (χ0) is 43.6. The van der Waals surface area contributed by atoms with Crippen LogP contribution in [0.25, 0.3) is 38.6 Å². The van der Waals surface area contributed by atoms with Gasteiger partial charge in [0.25, 0.3) is 6.71 Å². The van der Waals surface area contributed by atoms with Crippen LogP contribution in [0.2, 0.25) is 0 Å². The number of rotatable bonds is 8. The minimum absolute atomic E-state index is 0.180. The molecule has 0 N–H and O–H groups in total. The second-order valence-corrected chi connectivity index (χ2v) is 16.9. The summed E-state index contributed by atoms with van der Waals surface area (Å²) in [6.45, 7) is -0.180. The van der Waals surface area contributed by atoms with Gasteiger partial charge in [0, 0.05) is 68.2 Å². The molecule has 2 aliphatic heterocycles. The molecule has 13 rings (SSSR count). The van der Waals surface area contributed by atoms with Crippen molar-refractivity contribution in [1.29, 1.82) is 0 Å². The Balaban J connectivity index is 1.06. The van der Waals surface area contributed by atoms with Crippen LogP contribution >= 0.6 is 0 Å². The van der Waals surface area contributed by atoms with Crippen molar-refractivity contribution in [3.8, 4) is 39.8 Å². The molecule has 0 amide bonds. The van der Waals surface area contributed by atoms with Gasteiger partial charge in [0.15, 0.2) is 5.75 Å². The Morgan fingerprint density at radius 2 is 0.833 bits per heavy atom. The number of anilines is 6. The lowest BCUT2D eigenvalue weighted by Gasteiger charge is -2.35. The van der Waals surface area contributed by atoms with Crippen molar-refractivity contribution in [1.82, 2.24) is 4.57 Å². The molecule has 5 nitrogen and oxygen atoms in total. The zero-order valence-corrected chi connectivity index (χ0v) is 35.8. The molecular formula is C60H40BN3O2. The molecular weight excluding hydrogens is 805 g/mol. The van der Waals surface area contributed by atoms with E-state index in [1.807, 2.05) is 0 Å². The van der Waals surface area contributed by atoms with Crippen molar-refractivity contribution in [3.05, 3.63) is 243 Å². The highest BCUT2D eigenvalue weighted by atomic mass is 16.5. The quantitative estimate of drug-likeness (QED) is 0.143. The fraction of sp³-hybridized carbons (Fsp3) is 0. The Morgan fingerprint density at radius 3 is 1.39 bits per heavy atom. The first-order valence-corrected chi connectivity index (χ1v) is 22.5. The van der Waals surface area contributed by atoms with Crippen molar-refractivity contribution in [2.75, 3.05) is 9.80 Å². The summed E-state index contributed by atoms with van der Waals surface area (Å²) in [6, 6.07) is 85.9. The second-order valence-electron chi connectivity index (χ2n) is 16.9. The van der Waals surface area contributed by atoms with E-state index >= 15 is 0 Å². The standard InChI is InChI=1S/C60H40BN3O2/c1-6-19-41(20-7-1)42-21-18-30-47(37-42)64-54-32-17-16-31-50(54)51-40-57-58-60(59(51)64)66-56-39-49(63(45-26-12-4-13-27-45)46-28-14-5-15-29-46)34-36-53(56)61(58)52-35-33-48(38-55(52)65-57)62(43-22-8-2-9-23-43)44-24-10-3-11-25-44/h1-40H. The van der Waals surface area contributed by atoms with E-state index in [0.29, 0.717) is 0 Å². The molecule has 0 saturated heterocycles. The Morgan fingerprint density at radius 1 is 0.348 bits per heavy atom. The van der Waals surface area contributed by atoms with E-state index in [1.165, 1.54) is 5.56 Å². The van der Waals surface area contributed by atoms with Gasteiger partial charge in [0.1, 0.15) is 17.2 Å². The fourth-order valence-electron chi connectivity index (χ4n) is 10.2. The molecule has 3 heterocycles. The van der Waals surface area contributed by atoms with Gasteiger partial charge in [0.05, 0.1) is 11.0 Å². The molecule has 1 aromatic heterocycles. The van der Waals surface area contributed by atoms with E-state index in [9.17, 15) is 0 Å². The minimum Gasteiger partial charge on any atom is -0.458 e. The summed E-state index contributed by atoms with van der Waals surface area (Å²) in [5.74, 6) is 3.22. The Kier molecular flexibility index (Phi) is 8.88. The van der Waals surface area contributed by atoms with Gasteiger partial charge in [0.2, 0.25) is 0 Å². The number of aromatic nitrogens is 1. The summed E-state index contributed by atoms with van der Waals surface area (Å²) in [5, 5.41) is 2.19. The minimum atomic E-state index is -0.180. The smallest absolute Gasteiger partial charge is 0.260 e. The summed E-state index contributed by atoms with van der Waals surface area (Å²) in [4.78, 5) is 4.58. The lowest BCUT2D eigenvalue weighted by atomic mass is 9.34. The third-order valence-corrected chi connectivity index (χ3v) is 13.0. The monoisotopic (exact) mass is 845 g/mol. The van der Waals surface area contributed by atoms with Gasteiger partial charge in [-0.3, -0.25) is 0 Å². The van der Waals surface area contributed by atoms with E-state index in [2.05, 4.69) is 257 Å². The predicted molar refractivity (Wildman–Crippen MR) is 273 cm³/mol. The Hall–Kier alpha value is -8.74. The number of hydrogen-bond donors (Lipinski definition) is 0. The van der Waals surface area contributed by atoms with Crippen molar-refractivity contribution in [2.24, 2.45) is 0 Å². The van der Waals surface area contributed by atoms with Crippen molar-refractivity contribution in [2.45, 2.75) is 0 Å². The molecule has 6 heteroatoms. The summed E-state index contributed by atoms with van der Waals surface area (Å²) >= 11 is 0. The molecule has 0 fully saturated rings. The van der Waals surface area contributed by atoms with Crippen LogP contribution in [-0.2, 0) is 0 Å². The highest BCUT2D eigenvalue weighted by Crippen LogP contribution is 2.47. The van der Waals surface area contributed by atoms with Crippen molar-refractivity contribution < 1.29 is 9.47 Å². The van der Waals surface area contributed by atoms with Crippen LogP contribution in [0.15, 0.2) is 243 Å². The molecule has 0 atom stereocenters. The SMILES string of the molecule is c1ccc(-c2cccc(-n3c4ccccc4c4cc5c6c(c43)Oc3cc(N(c4ccccc4)c4ccccc4)ccc3B6c3ccc(N(c4ccccc4)c4ccccc4)cc3O5)c2)cc1. The van der Waals surface area contributed by atoms with Crippen molar-refractivity contribution >= 4 is 79.0 Å². The Bertz CT molecular complexity index is 3510. The third-order valence-electron chi connectivity index (χ3n) is 13.0. The first kappa shape index (κ1) is 37.8. The van der Waals surface area contributed by atoms with Crippen LogP contribution in [0.4, 0.5) is 34.1 Å². The van der Waals surface area contributed by atoms with Gasteiger partial charge < -0.3 is 23.8 Å². The molecule has 310 valence electrons. The number of fused-ring (bicyclic) bond motifs is 8. The van der Waals surface area contributed by atoms with Crippen molar-refractivity contribution in [3.63, 3.8) is 0 Å². The molecule has 0 radical (unpaired) electrons. The van der Waals surface area contributed by atoms with Crippen LogP contribution < -0.4 is 35.7 Å². The van der Waals surface area contributed by atoms with Gasteiger partial charge in [-0.15, -0.1) is 0 Å². The summed E-state index contributed by atoms with van der Waals surface area (Å²) < 4.78 is 17.1. The molecule has 2 aliphatic rings. The third kappa shape index (κ3) is 6.18. The highest BCUT2D eigenvalue weighted by molar-refractivity contribution is 6.98. The molecule has 0 spiro atoms. The van der Waals surface area contributed by atoms with Gasteiger partial charge in [-0.2, -0.15) is 0 Å². The average Bonchev–Trinajstić information content (AvgIpc) is 3.72. The molecule has 0 unspecified atom stereocenters. The van der Waals surface area contributed by atoms with Crippen LogP contribution in [-0.4, -0.2) is 11.3 Å². The predicted octanol–water partition coefficient (Wildman–Crippen LogP) is 14.1. The van der Waals surface area contributed by atoms with E-state index in [0.717, 1.165) is 107 Å². The molecule has 11 aromatic rings. The molecule has 10 aromatic carbocycles. The van der Waals surface area contributed by atoms with Gasteiger partial charge >= 0.3 is 0 Å². The molecule has 0 aliphatic carbocycles. The van der Waals surface area contributed by atoms with E-state index in [1.54, 1.807) is 0 Å². The number of ether oxygens (including phenoxy) is 2. The number of para-hydroxylation sites is 5. The first-order chi connectivity index (χ1) is 32.7. The van der Waals surface area contributed by atoms with Crippen LogP contribution in [0, 0.1) is 0 Å². The van der Waals surface area contributed by atoms with E-state index < -0.39 is 0 Å². The summed E-state index contributed by atoms with van der Waals surface area (Å²) in [7, 11) is 0. The Labute approximate surface area is 383 Å². The average molecular weight is 846 g/mol. The van der Waals surface area contributed by atoms with Gasteiger partial charge in [-0.05, 0) is 107 Å². The maximum absolute atomic E-state index is 7.46. The van der Waals surface area contributed by atoms with Crippen LogP contribution in [0.1, 0.15) is 0 Å². The second kappa shape index (κ2) is 15.5. The maximum Gasteiger partial charge on any atom is 0.260 e. The van der Waals surface area contributed by atoms with E-state index in [-0.39, 0.29) is 6.71 Å². The zero-order valence-electron chi connectivity index (χ0n) is 35.8. The molecule has 0 bridgehead atoms. The van der Waals surface area contributed by atoms with E-state index in [4.69, 9.17) is 9.47 Å². The lowest BCUT2D eigenvalue weighted by Crippen LogP contribution is -2.57. The maximum atomic E-state index is 7.46. The number of nitrogens with zero attached hydrogens (tertiary/aromatic N) is 3. The first-order valence-electron chi connectivity index (χ1n) is 22.5. The molecule has 0 saturated carbocycles. The highest BCUT2D eigenvalue weighted by Gasteiger charge is 2.43. The lowest BCUT2D eigenvalue weighted by molar-refractivity contribution is 0.468. The van der Waals surface area contributed by atoms with Gasteiger partial charge in [-0.25, -0.2) is 0 Å². The largest absolute Gasteiger partial charge is 0.458 e. The fourth-order valence-corrected chi connectivity index (χ4v) is 10.2. The normalized spacial score (nSPS) is 12.2. The topological polar surface area (TPSA) is 29.9 Å². The van der Waals surface area contributed by atoms with Gasteiger partial charge in [-0.1, -0.05) is 146 Å². The number of hydrogen-bond acceptors (Lipinski definition) is 4. The van der Waals surface area contributed by atoms with Crippen LogP contribution in [0.5, 0.6) is 23.0 Å². The summed E-state index contributed by atoms with van der Waals surface area (Å²) in [5.41, 5.74) is 14.9.